The topological polar surface area (TPSA) is 78.3 Å². The highest BCUT2D eigenvalue weighted by atomic mass is 79.9. The van der Waals surface area contributed by atoms with Gasteiger partial charge in [0.2, 0.25) is 5.91 Å². The first-order valence-electron chi connectivity index (χ1n) is 10.6. The minimum Gasteiger partial charge on any atom is -0.497 e. The SMILES string of the molecule is CCOc1ccc(-n2c(SCC(=O)Nc3ccc(Br)cc3)nnc2-c2ccc(OC)cc2)cc1. The van der Waals surface area contributed by atoms with Crippen molar-refractivity contribution in [2.45, 2.75) is 12.1 Å². The van der Waals surface area contributed by atoms with Crippen LogP contribution in [-0.4, -0.2) is 40.1 Å². The van der Waals surface area contributed by atoms with Gasteiger partial charge in [-0.25, -0.2) is 0 Å². The van der Waals surface area contributed by atoms with E-state index in [0.717, 1.165) is 32.9 Å². The molecule has 34 heavy (non-hydrogen) atoms. The van der Waals surface area contributed by atoms with Crippen LogP contribution in [0.5, 0.6) is 11.5 Å². The molecular formula is C25H23BrN4O3S. The van der Waals surface area contributed by atoms with E-state index in [-0.39, 0.29) is 11.7 Å². The Morgan fingerprint density at radius 2 is 1.65 bits per heavy atom. The van der Waals surface area contributed by atoms with Gasteiger partial charge in [0.1, 0.15) is 11.5 Å². The molecule has 4 aromatic rings. The summed E-state index contributed by atoms with van der Waals surface area (Å²) in [6.45, 7) is 2.54. The third-order valence-electron chi connectivity index (χ3n) is 4.85. The predicted molar refractivity (Wildman–Crippen MR) is 138 cm³/mol. The first kappa shape index (κ1) is 23.8. The van der Waals surface area contributed by atoms with Gasteiger partial charge in [0.05, 0.1) is 19.5 Å². The molecular weight excluding hydrogens is 516 g/mol. The number of hydrogen-bond donors (Lipinski definition) is 1. The van der Waals surface area contributed by atoms with Crippen molar-refractivity contribution in [1.82, 2.24) is 14.8 Å². The minimum absolute atomic E-state index is 0.125. The van der Waals surface area contributed by atoms with E-state index in [2.05, 4.69) is 31.4 Å². The van der Waals surface area contributed by atoms with Crippen LogP contribution in [0.4, 0.5) is 5.69 Å². The molecule has 1 aromatic heterocycles. The second-order valence-corrected chi connectivity index (χ2v) is 9.00. The molecule has 3 aromatic carbocycles. The van der Waals surface area contributed by atoms with Gasteiger partial charge >= 0.3 is 0 Å². The van der Waals surface area contributed by atoms with Crippen LogP contribution >= 0.6 is 27.7 Å². The summed E-state index contributed by atoms with van der Waals surface area (Å²) < 4.78 is 13.7. The molecule has 0 saturated carbocycles. The summed E-state index contributed by atoms with van der Waals surface area (Å²) in [7, 11) is 1.63. The molecule has 174 valence electrons. The van der Waals surface area contributed by atoms with E-state index in [9.17, 15) is 4.79 Å². The Morgan fingerprint density at radius 3 is 2.29 bits per heavy atom. The van der Waals surface area contributed by atoms with E-state index in [1.165, 1.54) is 11.8 Å². The zero-order valence-electron chi connectivity index (χ0n) is 18.7. The molecule has 0 unspecified atom stereocenters. The van der Waals surface area contributed by atoms with Gasteiger partial charge in [0.25, 0.3) is 0 Å². The smallest absolute Gasteiger partial charge is 0.234 e. The molecule has 4 rings (SSSR count). The molecule has 9 heteroatoms. The van der Waals surface area contributed by atoms with Crippen LogP contribution in [0, 0.1) is 0 Å². The molecule has 1 N–H and O–H groups in total. The number of thioether (sulfide) groups is 1. The zero-order chi connectivity index (χ0) is 23.9. The molecule has 0 aliphatic carbocycles. The molecule has 0 saturated heterocycles. The Kier molecular flexibility index (Phi) is 7.87. The second-order valence-electron chi connectivity index (χ2n) is 7.14. The summed E-state index contributed by atoms with van der Waals surface area (Å²) in [5.41, 5.74) is 2.49. The highest BCUT2D eigenvalue weighted by Crippen LogP contribution is 2.30. The average molecular weight is 539 g/mol. The fourth-order valence-corrected chi connectivity index (χ4v) is 4.26. The lowest BCUT2D eigenvalue weighted by Gasteiger charge is -2.12. The maximum Gasteiger partial charge on any atom is 0.234 e. The lowest BCUT2D eigenvalue weighted by Crippen LogP contribution is -2.14. The van der Waals surface area contributed by atoms with Crippen LogP contribution < -0.4 is 14.8 Å². The van der Waals surface area contributed by atoms with Crippen molar-refractivity contribution in [2.75, 3.05) is 24.8 Å². The number of aromatic nitrogens is 3. The number of nitrogens with zero attached hydrogens (tertiary/aromatic N) is 3. The Hall–Kier alpha value is -3.30. The van der Waals surface area contributed by atoms with E-state index in [4.69, 9.17) is 9.47 Å². The molecule has 0 fully saturated rings. The van der Waals surface area contributed by atoms with E-state index >= 15 is 0 Å². The van der Waals surface area contributed by atoms with Crippen molar-refractivity contribution in [3.8, 4) is 28.6 Å². The molecule has 0 bridgehead atoms. The lowest BCUT2D eigenvalue weighted by atomic mass is 10.2. The van der Waals surface area contributed by atoms with Gasteiger partial charge in [0.15, 0.2) is 11.0 Å². The first-order chi connectivity index (χ1) is 16.6. The Labute approximate surface area is 210 Å². The van der Waals surface area contributed by atoms with E-state index in [1.54, 1.807) is 7.11 Å². The predicted octanol–water partition coefficient (Wildman–Crippen LogP) is 5.83. The van der Waals surface area contributed by atoms with Crippen LogP contribution in [0.15, 0.2) is 82.4 Å². The Morgan fingerprint density at radius 1 is 0.971 bits per heavy atom. The van der Waals surface area contributed by atoms with Crippen LogP contribution in [0.1, 0.15) is 6.92 Å². The highest BCUT2D eigenvalue weighted by molar-refractivity contribution is 9.10. The fraction of sp³-hybridized carbons (Fsp3) is 0.160. The third kappa shape index (κ3) is 5.78. The largest absolute Gasteiger partial charge is 0.497 e. The van der Waals surface area contributed by atoms with Gasteiger partial charge in [-0.05, 0) is 79.7 Å². The zero-order valence-corrected chi connectivity index (χ0v) is 21.1. The maximum atomic E-state index is 12.6. The Bertz CT molecular complexity index is 1240. The summed E-state index contributed by atoms with van der Waals surface area (Å²) in [6, 6.07) is 22.8. The van der Waals surface area contributed by atoms with Crippen molar-refractivity contribution in [1.29, 1.82) is 0 Å². The Balaban J connectivity index is 1.60. The van der Waals surface area contributed by atoms with Crippen molar-refractivity contribution >= 4 is 39.3 Å². The van der Waals surface area contributed by atoms with Crippen LogP contribution in [0.25, 0.3) is 17.1 Å². The average Bonchev–Trinajstić information content (AvgIpc) is 3.29. The summed E-state index contributed by atoms with van der Waals surface area (Å²) in [5, 5.41) is 12.3. The van der Waals surface area contributed by atoms with Gasteiger partial charge < -0.3 is 14.8 Å². The standard InChI is InChI=1S/C25H23BrN4O3S/c1-3-33-22-14-10-20(11-15-22)30-24(17-4-12-21(32-2)13-5-17)28-29-25(30)34-16-23(31)27-19-8-6-18(26)7-9-19/h4-15H,3,16H2,1-2H3,(H,27,31). The summed E-state index contributed by atoms with van der Waals surface area (Å²) >= 11 is 4.72. The number of anilines is 1. The molecule has 1 heterocycles. The number of hydrogen-bond acceptors (Lipinski definition) is 6. The molecule has 0 aliphatic rings. The molecule has 7 nitrogen and oxygen atoms in total. The van der Waals surface area contributed by atoms with Crippen molar-refractivity contribution in [3.05, 3.63) is 77.3 Å². The van der Waals surface area contributed by atoms with Crippen LogP contribution in [0.3, 0.4) is 0 Å². The number of methoxy groups -OCH3 is 1. The summed E-state index contributed by atoms with van der Waals surface area (Å²) in [4.78, 5) is 12.6. The van der Waals surface area contributed by atoms with Crippen LogP contribution in [0.2, 0.25) is 0 Å². The van der Waals surface area contributed by atoms with E-state index in [0.29, 0.717) is 17.6 Å². The number of carbonyl (C=O) groups is 1. The summed E-state index contributed by atoms with van der Waals surface area (Å²) in [6.07, 6.45) is 0. The molecule has 0 radical (unpaired) electrons. The number of ether oxygens (including phenoxy) is 2. The first-order valence-corrected chi connectivity index (χ1v) is 12.4. The minimum atomic E-state index is -0.125. The monoisotopic (exact) mass is 538 g/mol. The van der Waals surface area contributed by atoms with E-state index in [1.807, 2.05) is 84.3 Å². The molecule has 1 amide bonds. The van der Waals surface area contributed by atoms with Gasteiger partial charge in [-0.1, -0.05) is 27.7 Å². The van der Waals surface area contributed by atoms with Crippen molar-refractivity contribution in [2.24, 2.45) is 0 Å². The van der Waals surface area contributed by atoms with Crippen LogP contribution in [-0.2, 0) is 4.79 Å². The van der Waals surface area contributed by atoms with Crippen molar-refractivity contribution < 1.29 is 14.3 Å². The van der Waals surface area contributed by atoms with E-state index < -0.39 is 0 Å². The third-order valence-corrected chi connectivity index (χ3v) is 6.31. The van der Waals surface area contributed by atoms with Gasteiger partial charge in [-0.2, -0.15) is 0 Å². The number of nitrogens with one attached hydrogen (secondary N) is 1. The maximum absolute atomic E-state index is 12.6. The highest BCUT2D eigenvalue weighted by Gasteiger charge is 2.18. The second kappa shape index (κ2) is 11.2. The summed E-state index contributed by atoms with van der Waals surface area (Å²) in [5.74, 6) is 2.28. The number of amides is 1. The molecule has 0 atom stereocenters. The van der Waals surface area contributed by atoms with Gasteiger partial charge in [-0.15, -0.1) is 10.2 Å². The van der Waals surface area contributed by atoms with Gasteiger partial charge in [0, 0.05) is 21.4 Å². The van der Waals surface area contributed by atoms with Gasteiger partial charge in [-0.3, -0.25) is 9.36 Å². The normalized spacial score (nSPS) is 10.7. The lowest BCUT2D eigenvalue weighted by molar-refractivity contribution is -0.113. The number of benzene rings is 3. The number of rotatable bonds is 9. The van der Waals surface area contributed by atoms with Crippen molar-refractivity contribution in [3.63, 3.8) is 0 Å². The fourth-order valence-electron chi connectivity index (χ4n) is 3.24. The molecule has 0 spiro atoms. The quantitative estimate of drug-likeness (QED) is 0.270. The number of halogens is 1. The number of carbonyl (C=O) groups excluding carboxylic acids is 1. The molecule has 0 aliphatic heterocycles.